The molecule has 3 nitrogen and oxygen atoms in total. The maximum Gasteiger partial charge on any atom is 0.228 e. The molecule has 1 heterocycles. The molecule has 0 bridgehead atoms. The van der Waals surface area contributed by atoms with E-state index in [1.165, 1.54) is 12.1 Å². The lowest BCUT2D eigenvalue weighted by atomic mass is 9.91. The van der Waals surface area contributed by atoms with Crippen LogP contribution in [0.25, 0.3) is 0 Å². The second-order valence-electron chi connectivity index (χ2n) is 5.43. The van der Waals surface area contributed by atoms with Gasteiger partial charge in [-0.1, -0.05) is 12.1 Å². The average molecular weight is 285 g/mol. The molecule has 0 saturated carbocycles. The Morgan fingerprint density at radius 2 is 1.86 bits per heavy atom. The van der Waals surface area contributed by atoms with Crippen molar-refractivity contribution in [3.8, 4) is 0 Å². The van der Waals surface area contributed by atoms with Gasteiger partial charge >= 0.3 is 0 Å². The number of aliphatic hydroxyl groups excluding tert-OH is 1. The van der Waals surface area contributed by atoms with Crippen molar-refractivity contribution in [2.75, 3.05) is 5.32 Å². The molecule has 2 aromatic rings. The van der Waals surface area contributed by atoms with Crippen LogP contribution in [0.1, 0.15) is 33.9 Å². The molecule has 0 aromatic heterocycles. The number of hydrogen-bond donors (Lipinski definition) is 2. The van der Waals surface area contributed by atoms with E-state index in [0.717, 1.165) is 27.9 Å². The zero-order valence-corrected chi connectivity index (χ0v) is 11.9. The van der Waals surface area contributed by atoms with Gasteiger partial charge < -0.3 is 10.4 Å². The number of rotatable bonds is 2. The number of aliphatic hydroxyl groups is 1. The van der Waals surface area contributed by atoms with Crippen LogP contribution in [0.2, 0.25) is 0 Å². The number of anilines is 1. The molecule has 1 unspecified atom stereocenters. The summed E-state index contributed by atoms with van der Waals surface area (Å²) < 4.78 is 13.0. The van der Waals surface area contributed by atoms with E-state index >= 15 is 0 Å². The van der Waals surface area contributed by atoms with Gasteiger partial charge in [0, 0.05) is 5.69 Å². The number of nitrogens with one attached hydrogen (secondary N) is 1. The highest BCUT2D eigenvalue weighted by Gasteiger charge is 2.24. The van der Waals surface area contributed by atoms with Gasteiger partial charge in [0.15, 0.2) is 0 Å². The quantitative estimate of drug-likeness (QED) is 0.891. The van der Waals surface area contributed by atoms with Crippen LogP contribution in [0.15, 0.2) is 30.3 Å². The molecule has 21 heavy (non-hydrogen) atoms. The largest absolute Gasteiger partial charge is 0.384 e. The minimum atomic E-state index is -0.828. The molecule has 1 atom stereocenters. The van der Waals surface area contributed by atoms with Gasteiger partial charge in [0.1, 0.15) is 11.9 Å². The molecule has 2 aromatic carbocycles. The fourth-order valence-corrected chi connectivity index (χ4v) is 2.79. The Morgan fingerprint density at radius 1 is 1.19 bits per heavy atom. The van der Waals surface area contributed by atoms with Crippen molar-refractivity contribution >= 4 is 11.6 Å². The zero-order chi connectivity index (χ0) is 15.1. The topological polar surface area (TPSA) is 49.3 Å². The standard InChI is InChI=1S/C17H16FNO2/c1-9-10(2)16-12(8-15(20)19-16)7-14(9)17(21)11-3-5-13(18)6-4-11/h3-7,17,21H,8H2,1-2H3,(H,19,20). The first kappa shape index (κ1) is 13.8. The molecule has 2 N–H and O–H groups in total. The number of halogens is 1. The molecule has 108 valence electrons. The third-order valence-electron chi connectivity index (χ3n) is 4.12. The monoisotopic (exact) mass is 285 g/mol. The zero-order valence-electron chi connectivity index (χ0n) is 11.9. The second-order valence-corrected chi connectivity index (χ2v) is 5.43. The highest BCUT2D eigenvalue weighted by atomic mass is 19.1. The summed E-state index contributed by atoms with van der Waals surface area (Å²) in [5.74, 6) is -0.358. The molecule has 1 amide bonds. The van der Waals surface area contributed by atoms with E-state index in [4.69, 9.17) is 0 Å². The summed E-state index contributed by atoms with van der Waals surface area (Å²) in [6, 6.07) is 7.68. The highest BCUT2D eigenvalue weighted by molar-refractivity contribution is 6.00. The summed E-state index contributed by atoms with van der Waals surface area (Å²) in [6.07, 6.45) is -0.495. The smallest absolute Gasteiger partial charge is 0.228 e. The summed E-state index contributed by atoms with van der Waals surface area (Å²) in [5.41, 5.74) is 5.06. The van der Waals surface area contributed by atoms with Crippen LogP contribution < -0.4 is 5.32 Å². The van der Waals surface area contributed by atoms with Gasteiger partial charge in [-0.05, 0) is 59.9 Å². The molecule has 0 saturated heterocycles. The van der Waals surface area contributed by atoms with Crippen LogP contribution in [0.4, 0.5) is 10.1 Å². The molecule has 0 aliphatic carbocycles. The van der Waals surface area contributed by atoms with Gasteiger partial charge in [-0.15, -0.1) is 0 Å². The molecule has 0 spiro atoms. The molecule has 1 aliphatic heterocycles. The van der Waals surface area contributed by atoms with E-state index < -0.39 is 6.10 Å². The van der Waals surface area contributed by atoms with Crippen molar-refractivity contribution in [2.24, 2.45) is 0 Å². The lowest BCUT2D eigenvalue weighted by Gasteiger charge is -2.18. The molecule has 0 fully saturated rings. The van der Waals surface area contributed by atoms with E-state index in [-0.39, 0.29) is 11.7 Å². The van der Waals surface area contributed by atoms with Crippen LogP contribution in [0, 0.1) is 19.7 Å². The Kier molecular flexibility index (Phi) is 3.26. The molecule has 4 heteroatoms. The lowest BCUT2D eigenvalue weighted by Crippen LogP contribution is -2.06. The molecular weight excluding hydrogens is 269 g/mol. The summed E-state index contributed by atoms with van der Waals surface area (Å²) in [4.78, 5) is 11.5. The van der Waals surface area contributed by atoms with E-state index in [0.29, 0.717) is 12.0 Å². The van der Waals surface area contributed by atoms with Crippen molar-refractivity contribution in [3.63, 3.8) is 0 Å². The summed E-state index contributed by atoms with van der Waals surface area (Å²) >= 11 is 0. The Bertz CT molecular complexity index is 723. The second kappa shape index (κ2) is 4.97. The van der Waals surface area contributed by atoms with E-state index in [9.17, 15) is 14.3 Å². The average Bonchev–Trinajstić information content (AvgIpc) is 2.84. The van der Waals surface area contributed by atoms with Gasteiger partial charge in [0.05, 0.1) is 6.42 Å². The maximum absolute atomic E-state index is 13.0. The minimum absolute atomic E-state index is 0.0269. The molecule has 3 rings (SSSR count). The first-order chi connectivity index (χ1) is 9.97. The van der Waals surface area contributed by atoms with Crippen molar-refractivity contribution < 1.29 is 14.3 Å². The minimum Gasteiger partial charge on any atom is -0.384 e. The summed E-state index contributed by atoms with van der Waals surface area (Å²) in [6.45, 7) is 3.85. The van der Waals surface area contributed by atoms with Crippen molar-refractivity contribution in [3.05, 3.63) is 64.0 Å². The predicted molar refractivity (Wildman–Crippen MR) is 78.7 cm³/mol. The van der Waals surface area contributed by atoms with Gasteiger partial charge in [0.2, 0.25) is 5.91 Å². The number of amides is 1. The van der Waals surface area contributed by atoms with Gasteiger partial charge in [-0.2, -0.15) is 0 Å². The van der Waals surface area contributed by atoms with E-state index in [1.54, 1.807) is 12.1 Å². The summed E-state index contributed by atoms with van der Waals surface area (Å²) in [5, 5.41) is 13.4. The van der Waals surface area contributed by atoms with Gasteiger partial charge in [-0.25, -0.2) is 4.39 Å². The van der Waals surface area contributed by atoms with E-state index in [1.807, 2.05) is 19.9 Å². The van der Waals surface area contributed by atoms with Crippen LogP contribution in [0.3, 0.4) is 0 Å². The Hall–Kier alpha value is -2.20. The number of carbonyl (C=O) groups excluding carboxylic acids is 1. The first-order valence-corrected chi connectivity index (χ1v) is 6.83. The Balaban J connectivity index is 2.07. The van der Waals surface area contributed by atoms with Gasteiger partial charge in [0.25, 0.3) is 0 Å². The third kappa shape index (κ3) is 2.32. The Morgan fingerprint density at radius 3 is 2.52 bits per heavy atom. The fourth-order valence-electron chi connectivity index (χ4n) is 2.79. The highest BCUT2D eigenvalue weighted by Crippen LogP contribution is 2.35. The fraction of sp³-hybridized carbons (Fsp3) is 0.235. The molecule has 0 radical (unpaired) electrons. The lowest BCUT2D eigenvalue weighted by molar-refractivity contribution is -0.115. The molecular formula is C17H16FNO2. The van der Waals surface area contributed by atoms with Crippen molar-refractivity contribution in [1.29, 1.82) is 0 Å². The predicted octanol–water partition coefficient (Wildman–Crippen LogP) is 3.02. The van der Waals surface area contributed by atoms with Crippen LogP contribution in [-0.4, -0.2) is 11.0 Å². The van der Waals surface area contributed by atoms with Crippen molar-refractivity contribution in [1.82, 2.24) is 0 Å². The summed E-state index contributed by atoms with van der Waals surface area (Å²) in [7, 11) is 0. The van der Waals surface area contributed by atoms with Crippen LogP contribution in [0.5, 0.6) is 0 Å². The first-order valence-electron chi connectivity index (χ1n) is 6.83. The third-order valence-corrected chi connectivity index (χ3v) is 4.12. The van der Waals surface area contributed by atoms with Crippen LogP contribution in [-0.2, 0) is 11.2 Å². The Labute approximate surface area is 122 Å². The number of fused-ring (bicyclic) bond motifs is 1. The van der Waals surface area contributed by atoms with Gasteiger partial charge in [-0.3, -0.25) is 4.79 Å². The molecule has 1 aliphatic rings. The van der Waals surface area contributed by atoms with E-state index in [2.05, 4.69) is 5.32 Å². The normalized spacial score (nSPS) is 14.8. The van der Waals surface area contributed by atoms with Crippen LogP contribution >= 0.6 is 0 Å². The van der Waals surface area contributed by atoms with Crippen molar-refractivity contribution in [2.45, 2.75) is 26.4 Å². The number of carbonyl (C=O) groups is 1. The SMILES string of the molecule is Cc1c(C(O)c2ccc(F)cc2)cc2c(c1C)NC(=O)C2. The number of hydrogen-bond acceptors (Lipinski definition) is 2. The maximum atomic E-state index is 13.0. The number of benzene rings is 2.